The van der Waals surface area contributed by atoms with E-state index in [-0.39, 0.29) is 5.54 Å². The summed E-state index contributed by atoms with van der Waals surface area (Å²) in [5.74, 6) is 0. The molecule has 106 valence electrons. The van der Waals surface area contributed by atoms with Gasteiger partial charge >= 0.3 is 0 Å². The molecule has 1 saturated heterocycles. The standard InChI is InChI=1S/C14H19N5S/c1-14(16)5-7-19(8-6-14)13-18-17-12(20-13)10-3-2-4-11(15)9-10/h2-4,9H,5-8,15-16H2,1H3. The van der Waals surface area contributed by atoms with Gasteiger partial charge in [-0.05, 0) is 31.9 Å². The van der Waals surface area contributed by atoms with E-state index in [4.69, 9.17) is 11.5 Å². The van der Waals surface area contributed by atoms with Crippen molar-refractivity contribution in [3.63, 3.8) is 0 Å². The molecule has 20 heavy (non-hydrogen) atoms. The molecular weight excluding hydrogens is 270 g/mol. The van der Waals surface area contributed by atoms with Crippen LogP contribution < -0.4 is 16.4 Å². The minimum absolute atomic E-state index is 0.0438. The van der Waals surface area contributed by atoms with Gasteiger partial charge in [-0.3, -0.25) is 0 Å². The number of rotatable bonds is 2. The lowest BCUT2D eigenvalue weighted by Gasteiger charge is -2.36. The maximum Gasteiger partial charge on any atom is 0.208 e. The number of anilines is 2. The summed E-state index contributed by atoms with van der Waals surface area (Å²) >= 11 is 1.61. The van der Waals surface area contributed by atoms with Crippen molar-refractivity contribution in [1.29, 1.82) is 0 Å². The van der Waals surface area contributed by atoms with E-state index in [1.165, 1.54) is 0 Å². The molecule has 0 atom stereocenters. The first-order valence-electron chi connectivity index (χ1n) is 6.77. The van der Waals surface area contributed by atoms with Crippen molar-refractivity contribution in [3.8, 4) is 10.6 Å². The summed E-state index contributed by atoms with van der Waals surface area (Å²) in [4.78, 5) is 2.27. The first-order chi connectivity index (χ1) is 9.53. The van der Waals surface area contributed by atoms with E-state index in [0.717, 1.165) is 47.3 Å². The Kier molecular flexibility index (Phi) is 3.35. The molecule has 2 heterocycles. The van der Waals surface area contributed by atoms with Crippen LogP contribution in [0.5, 0.6) is 0 Å². The highest BCUT2D eigenvalue weighted by molar-refractivity contribution is 7.18. The minimum atomic E-state index is -0.0438. The quantitative estimate of drug-likeness (QED) is 0.828. The summed E-state index contributed by atoms with van der Waals surface area (Å²) in [6.45, 7) is 4.00. The fourth-order valence-corrected chi connectivity index (χ4v) is 3.23. The van der Waals surface area contributed by atoms with Gasteiger partial charge in [-0.15, -0.1) is 10.2 Å². The monoisotopic (exact) mass is 289 g/mol. The number of nitrogens with zero attached hydrogens (tertiary/aromatic N) is 3. The molecule has 0 radical (unpaired) electrons. The van der Waals surface area contributed by atoms with Crippen LogP contribution in [-0.2, 0) is 0 Å². The lowest BCUT2D eigenvalue weighted by atomic mass is 9.91. The van der Waals surface area contributed by atoms with Gasteiger partial charge in [0.15, 0.2) is 0 Å². The van der Waals surface area contributed by atoms with Crippen LogP contribution in [0.2, 0.25) is 0 Å². The lowest BCUT2D eigenvalue weighted by Crippen LogP contribution is -2.48. The second-order valence-electron chi connectivity index (χ2n) is 5.66. The van der Waals surface area contributed by atoms with Crippen LogP contribution in [0.15, 0.2) is 24.3 Å². The van der Waals surface area contributed by atoms with Crippen LogP contribution in [0.4, 0.5) is 10.8 Å². The molecule has 0 saturated carbocycles. The molecule has 1 fully saturated rings. The summed E-state index contributed by atoms with van der Waals surface area (Å²) in [5, 5.41) is 10.5. The van der Waals surface area contributed by atoms with Crippen LogP contribution in [-0.4, -0.2) is 28.8 Å². The topological polar surface area (TPSA) is 81.1 Å². The van der Waals surface area contributed by atoms with Crippen LogP contribution in [0.25, 0.3) is 10.6 Å². The fourth-order valence-electron chi connectivity index (χ4n) is 2.34. The van der Waals surface area contributed by atoms with Gasteiger partial charge in [-0.1, -0.05) is 23.5 Å². The molecule has 1 aromatic carbocycles. The van der Waals surface area contributed by atoms with Crippen molar-refractivity contribution in [2.24, 2.45) is 5.73 Å². The SMILES string of the molecule is CC1(N)CCN(c2nnc(-c3cccc(N)c3)s2)CC1. The van der Waals surface area contributed by atoms with Gasteiger partial charge < -0.3 is 16.4 Å². The van der Waals surface area contributed by atoms with Crippen molar-refractivity contribution >= 4 is 22.2 Å². The molecule has 0 bridgehead atoms. The summed E-state index contributed by atoms with van der Waals surface area (Å²) in [6, 6.07) is 7.75. The smallest absolute Gasteiger partial charge is 0.208 e. The predicted molar refractivity (Wildman–Crippen MR) is 83.8 cm³/mol. The number of hydrogen-bond acceptors (Lipinski definition) is 6. The zero-order valence-corrected chi connectivity index (χ0v) is 12.4. The molecule has 0 unspecified atom stereocenters. The van der Waals surface area contributed by atoms with E-state index in [1.54, 1.807) is 11.3 Å². The molecular formula is C14H19N5S. The Labute approximate surface area is 122 Å². The molecule has 3 rings (SSSR count). The zero-order chi connectivity index (χ0) is 14.2. The third-order valence-electron chi connectivity index (χ3n) is 3.72. The third kappa shape index (κ3) is 2.76. The molecule has 1 aliphatic rings. The third-order valence-corrected chi connectivity index (χ3v) is 4.76. The van der Waals surface area contributed by atoms with Crippen molar-refractivity contribution in [1.82, 2.24) is 10.2 Å². The average Bonchev–Trinajstić information content (AvgIpc) is 2.88. The van der Waals surface area contributed by atoms with Gasteiger partial charge in [-0.25, -0.2) is 0 Å². The maximum absolute atomic E-state index is 6.16. The number of piperidine rings is 1. The Balaban J connectivity index is 1.78. The number of benzene rings is 1. The normalized spacial score (nSPS) is 18.2. The van der Waals surface area contributed by atoms with Gasteiger partial charge in [0, 0.05) is 29.9 Å². The van der Waals surface area contributed by atoms with Crippen molar-refractivity contribution in [2.45, 2.75) is 25.3 Å². The molecule has 0 amide bonds. The zero-order valence-electron chi connectivity index (χ0n) is 11.5. The number of aromatic nitrogens is 2. The Hall–Kier alpha value is -1.66. The summed E-state index contributed by atoms with van der Waals surface area (Å²) in [6.07, 6.45) is 1.97. The highest BCUT2D eigenvalue weighted by atomic mass is 32.1. The molecule has 6 heteroatoms. The van der Waals surface area contributed by atoms with Crippen LogP contribution >= 0.6 is 11.3 Å². The molecule has 2 aromatic rings. The van der Waals surface area contributed by atoms with Gasteiger partial charge in [0.25, 0.3) is 0 Å². The van der Waals surface area contributed by atoms with Crippen LogP contribution in [0.3, 0.4) is 0 Å². The summed E-state index contributed by atoms with van der Waals surface area (Å²) in [5.41, 5.74) is 13.7. The minimum Gasteiger partial charge on any atom is -0.399 e. The molecule has 1 aliphatic heterocycles. The first kappa shape index (κ1) is 13.3. The highest BCUT2D eigenvalue weighted by Crippen LogP contribution is 2.31. The molecule has 0 spiro atoms. The molecule has 1 aromatic heterocycles. The van der Waals surface area contributed by atoms with Gasteiger partial charge in [0.05, 0.1) is 0 Å². The molecule has 5 nitrogen and oxygen atoms in total. The van der Waals surface area contributed by atoms with E-state index in [2.05, 4.69) is 22.0 Å². The van der Waals surface area contributed by atoms with E-state index < -0.39 is 0 Å². The number of nitrogen functional groups attached to an aromatic ring is 1. The lowest BCUT2D eigenvalue weighted by molar-refractivity contribution is 0.364. The molecule has 4 N–H and O–H groups in total. The predicted octanol–water partition coefficient (Wildman–Crippen LogP) is 2.10. The van der Waals surface area contributed by atoms with Crippen molar-refractivity contribution in [3.05, 3.63) is 24.3 Å². The van der Waals surface area contributed by atoms with Gasteiger partial charge in [-0.2, -0.15) is 0 Å². The number of nitrogens with two attached hydrogens (primary N) is 2. The maximum atomic E-state index is 6.16. The Morgan fingerprint density at radius 3 is 2.70 bits per heavy atom. The Bertz CT molecular complexity index is 597. The number of hydrogen-bond donors (Lipinski definition) is 2. The highest BCUT2D eigenvalue weighted by Gasteiger charge is 2.27. The van der Waals surface area contributed by atoms with Crippen LogP contribution in [0.1, 0.15) is 19.8 Å². The van der Waals surface area contributed by atoms with Crippen LogP contribution in [0, 0.1) is 0 Å². The Morgan fingerprint density at radius 1 is 1.25 bits per heavy atom. The van der Waals surface area contributed by atoms with E-state index in [9.17, 15) is 0 Å². The summed E-state index contributed by atoms with van der Waals surface area (Å²) in [7, 11) is 0. The summed E-state index contributed by atoms with van der Waals surface area (Å²) < 4.78 is 0. The second kappa shape index (κ2) is 5.03. The van der Waals surface area contributed by atoms with Gasteiger partial charge in [0.2, 0.25) is 5.13 Å². The first-order valence-corrected chi connectivity index (χ1v) is 7.58. The van der Waals surface area contributed by atoms with Crippen molar-refractivity contribution in [2.75, 3.05) is 23.7 Å². The van der Waals surface area contributed by atoms with E-state index in [1.807, 2.05) is 24.3 Å². The second-order valence-corrected chi connectivity index (χ2v) is 6.61. The Morgan fingerprint density at radius 2 is 2.00 bits per heavy atom. The van der Waals surface area contributed by atoms with Gasteiger partial charge in [0.1, 0.15) is 5.01 Å². The van der Waals surface area contributed by atoms with E-state index in [0.29, 0.717) is 0 Å². The molecule has 0 aliphatic carbocycles. The largest absolute Gasteiger partial charge is 0.399 e. The van der Waals surface area contributed by atoms with E-state index >= 15 is 0 Å². The average molecular weight is 289 g/mol. The van der Waals surface area contributed by atoms with Crippen molar-refractivity contribution < 1.29 is 0 Å². The fraction of sp³-hybridized carbons (Fsp3) is 0.429.